The Morgan fingerprint density at radius 1 is 1.43 bits per heavy atom. The van der Waals surface area contributed by atoms with Crippen LogP contribution in [0.2, 0.25) is 0 Å². The maximum atomic E-state index is 14.3. The number of hydrogen-bond acceptors (Lipinski definition) is 3. The van der Waals surface area contributed by atoms with E-state index in [2.05, 4.69) is 21.2 Å². The molecule has 1 aromatic rings. The van der Waals surface area contributed by atoms with Gasteiger partial charge in [0.15, 0.2) is 0 Å². The first-order chi connectivity index (χ1) is 10.1. The van der Waals surface area contributed by atoms with Crippen molar-refractivity contribution in [3.8, 4) is 0 Å². The number of ether oxygens (including phenoxy) is 2. The fraction of sp³-hybridized carbons (Fsp3) is 0.625. The van der Waals surface area contributed by atoms with Crippen molar-refractivity contribution in [3.05, 3.63) is 34.1 Å². The van der Waals surface area contributed by atoms with Crippen LogP contribution in [0.5, 0.6) is 0 Å². The van der Waals surface area contributed by atoms with Crippen molar-refractivity contribution in [1.82, 2.24) is 5.32 Å². The largest absolute Gasteiger partial charge is 0.378 e. The lowest BCUT2D eigenvalue weighted by Gasteiger charge is -2.40. The van der Waals surface area contributed by atoms with Crippen LogP contribution in [0.15, 0.2) is 22.7 Å². The van der Waals surface area contributed by atoms with Gasteiger partial charge in [0.05, 0.1) is 12.2 Å². The van der Waals surface area contributed by atoms with E-state index < -0.39 is 0 Å². The minimum atomic E-state index is -0.160. The van der Waals surface area contributed by atoms with Crippen LogP contribution in [0.4, 0.5) is 4.39 Å². The molecular formula is C16H21BrFNO2. The van der Waals surface area contributed by atoms with E-state index in [1.165, 1.54) is 6.07 Å². The van der Waals surface area contributed by atoms with Gasteiger partial charge in [-0.1, -0.05) is 22.0 Å². The van der Waals surface area contributed by atoms with Gasteiger partial charge in [-0.15, -0.1) is 0 Å². The molecule has 1 N–H and O–H groups in total. The summed E-state index contributed by atoms with van der Waals surface area (Å²) in [6, 6.07) is 5.32. The second-order valence-corrected chi connectivity index (χ2v) is 6.93. The highest BCUT2D eigenvalue weighted by Gasteiger charge is 2.43. The van der Waals surface area contributed by atoms with Gasteiger partial charge in [0.25, 0.3) is 0 Å². The highest BCUT2D eigenvalue weighted by molar-refractivity contribution is 9.10. The predicted molar refractivity (Wildman–Crippen MR) is 82.7 cm³/mol. The number of halogens is 2. The molecule has 0 aromatic heterocycles. The highest BCUT2D eigenvalue weighted by Crippen LogP contribution is 2.41. The zero-order valence-corrected chi connectivity index (χ0v) is 13.8. The van der Waals surface area contributed by atoms with Gasteiger partial charge in [0.2, 0.25) is 0 Å². The third kappa shape index (κ3) is 3.16. The minimum absolute atomic E-state index is 0.0134. The molecule has 3 unspecified atom stereocenters. The maximum Gasteiger partial charge on any atom is 0.129 e. The van der Waals surface area contributed by atoms with Crippen LogP contribution in [0.25, 0.3) is 0 Å². The van der Waals surface area contributed by atoms with E-state index in [-0.39, 0.29) is 17.5 Å². The summed E-state index contributed by atoms with van der Waals surface area (Å²) in [6.45, 7) is 2.16. The second kappa shape index (κ2) is 6.32. The molecule has 2 fully saturated rings. The predicted octanol–water partition coefficient (Wildman–Crippen LogP) is 3.43. The number of nitrogens with one attached hydrogen (secondary N) is 1. The van der Waals surface area contributed by atoms with Crippen molar-refractivity contribution in [3.63, 3.8) is 0 Å². The summed E-state index contributed by atoms with van der Waals surface area (Å²) in [7, 11) is 1.90. The van der Waals surface area contributed by atoms with Crippen molar-refractivity contribution in [2.24, 2.45) is 5.92 Å². The first-order valence-corrected chi connectivity index (χ1v) is 8.27. The maximum absolute atomic E-state index is 14.3. The third-order valence-electron chi connectivity index (χ3n) is 4.68. The highest BCUT2D eigenvalue weighted by atomic mass is 79.9. The van der Waals surface area contributed by atoms with Crippen LogP contribution in [-0.4, -0.2) is 32.5 Å². The lowest BCUT2D eigenvalue weighted by atomic mass is 9.79. The van der Waals surface area contributed by atoms with E-state index in [0.717, 1.165) is 42.5 Å². The van der Waals surface area contributed by atoms with Crippen LogP contribution < -0.4 is 5.32 Å². The van der Waals surface area contributed by atoms with E-state index in [1.807, 2.05) is 19.2 Å². The molecule has 3 atom stereocenters. The van der Waals surface area contributed by atoms with Gasteiger partial charge in [-0.05, 0) is 37.9 Å². The summed E-state index contributed by atoms with van der Waals surface area (Å²) in [6.07, 6.45) is 2.82. The summed E-state index contributed by atoms with van der Waals surface area (Å²) in [4.78, 5) is 0. The molecule has 0 radical (unpaired) electrons. The standard InChI is InChI=1S/C16H21BrFNO2/c1-19-15(13-3-2-12(17)8-14(13)18)11-4-6-21-16(9-11)5-7-20-10-16/h2-3,8,11,15,19H,4-7,9-10H2,1H3. The van der Waals surface area contributed by atoms with E-state index in [4.69, 9.17) is 9.47 Å². The number of rotatable bonds is 3. The molecule has 1 spiro atoms. The first-order valence-electron chi connectivity index (χ1n) is 7.47. The van der Waals surface area contributed by atoms with Gasteiger partial charge >= 0.3 is 0 Å². The van der Waals surface area contributed by atoms with Crippen molar-refractivity contribution in [2.45, 2.75) is 30.9 Å². The minimum Gasteiger partial charge on any atom is -0.378 e. The molecule has 0 aliphatic carbocycles. The normalized spacial score (nSPS) is 30.7. The fourth-order valence-electron chi connectivity index (χ4n) is 3.61. The molecule has 2 heterocycles. The molecule has 0 bridgehead atoms. The van der Waals surface area contributed by atoms with Crippen LogP contribution >= 0.6 is 15.9 Å². The smallest absolute Gasteiger partial charge is 0.129 e. The summed E-state index contributed by atoms with van der Waals surface area (Å²) < 4.78 is 26.6. The van der Waals surface area contributed by atoms with Crippen molar-refractivity contribution in [1.29, 1.82) is 0 Å². The molecule has 1 aromatic carbocycles. The molecule has 2 aliphatic rings. The van der Waals surface area contributed by atoms with Crippen molar-refractivity contribution in [2.75, 3.05) is 26.9 Å². The van der Waals surface area contributed by atoms with E-state index >= 15 is 0 Å². The lowest BCUT2D eigenvalue weighted by molar-refractivity contribution is -0.103. The number of hydrogen-bond donors (Lipinski definition) is 1. The van der Waals surface area contributed by atoms with Crippen LogP contribution in [0.1, 0.15) is 30.9 Å². The van der Waals surface area contributed by atoms with E-state index in [0.29, 0.717) is 12.5 Å². The quantitative estimate of drug-likeness (QED) is 0.898. The SMILES string of the molecule is CNC(c1ccc(Br)cc1F)C1CCOC2(CCOC2)C1. The third-order valence-corrected chi connectivity index (χ3v) is 5.17. The molecule has 0 amide bonds. The van der Waals surface area contributed by atoms with Gasteiger partial charge < -0.3 is 14.8 Å². The van der Waals surface area contributed by atoms with Crippen LogP contribution in [0, 0.1) is 11.7 Å². The Hall–Kier alpha value is -0.490. The van der Waals surface area contributed by atoms with Crippen LogP contribution in [-0.2, 0) is 9.47 Å². The average molecular weight is 358 g/mol. The van der Waals surface area contributed by atoms with Gasteiger partial charge in [0, 0.05) is 35.7 Å². The Kier molecular flexibility index (Phi) is 4.64. The molecular weight excluding hydrogens is 337 g/mol. The fourth-order valence-corrected chi connectivity index (χ4v) is 3.95. The van der Waals surface area contributed by atoms with Gasteiger partial charge in [-0.3, -0.25) is 0 Å². The molecule has 116 valence electrons. The Morgan fingerprint density at radius 2 is 2.29 bits per heavy atom. The first kappa shape index (κ1) is 15.4. The Balaban J connectivity index is 1.82. The molecule has 3 rings (SSSR count). The second-order valence-electron chi connectivity index (χ2n) is 6.02. The molecule has 0 saturated carbocycles. The van der Waals surface area contributed by atoms with Crippen LogP contribution in [0.3, 0.4) is 0 Å². The van der Waals surface area contributed by atoms with Crippen molar-refractivity contribution < 1.29 is 13.9 Å². The molecule has 2 aliphatic heterocycles. The Bertz CT molecular complexity index is 505. The zero-order valence-electron chi connectivity index (χ0n) is 12.2. The summed E-state index contributed by atoms with van der Waals surface area (Å²) in [5.41, 5.74) is 0.589. The number of benzene rings is 1. The average Bonchev–Trinajstić information content (AvgIpc) is 2.90. The molecule has 3 nitrogen and oxygen atoms in total. The Labute approximate surface area is 133 Å². The summed E-state index contributed by atoms with van der Waals surface area (Å²) >= 11 is 3.32. The zero-order chi connectivity index (χ0) is 14.9. The molecule has 5 heteroatoms. The van der Waals surface area contributed by atoms with Gasteiger partial charge in [-0.2, -0.15) is 0 Å². The van der Waals surface area contributed by atoms with Crippen molar-refractivity contribution >= 4 is 15.9 Å². The molecule has 21 heavy (non-hydrogen) atoms. The monoisotopic (exact) mass is 357 g/mol. The lowest BCUT2D eigenvalue weighted by Crippen LogP contribution is -2.43. The molecule has 2 saturated heterocycles. The van der Waals surface area contributed by atoms with Gasteiger partial charge in [-0.25, -0.2) is 4.39 Å². The van der Waals surface area contributed by atoms with Gasteiger partial charge in [0.1, 0.15) is 5.82 Å². The summed E-state index contributed by atoms with van der Waals surface area (Å²) in [5, 5.41) is 3.30. The Morgan fingerprint density at radius 3 is 2.95 bits per heavy atom. The topological polar surface area (TPSA) is 30.5 Å². The van der Waals surface area contributed by atoms with E-state index in [9.17, 15) is 4.39 Å². The van der Waals surface area contributed by atoms with E-state index in [1.54, 1.807) is 0 Å². The summed E-state index contributed by atoms with van der Waals surface area (Å²) in [5.74, 6) is 0.202.